The Labute approximate surface area is 64.3 Å². The summed E-state index contributed by atoms with van der Waals surface area (Å²) in [6.45, 7) is 11.0. The summed E-state index contributed by atoms with van der Waals surface area (Å²) in [4.78, 5) is 0. The molecule has 1 aliphatic rings. The van der Waals surface area contributed by atoms with Crippen molar-refractivity contribution in [2.24, 2.45) is 11.3 Å². The lowest BCUT2D eigenvalue weighted by atomic mass is 9.69. The maximum Gasteiger partial charge on any atom is -0.0142 e. The molecule has 1 fully saturated rings. The van der Waals surface area contributed by atoms with E-state index >= 15 is 0 Å². The van der Waals surface area contributed by atoms with E-state index in [-0.39, 0.29) is 0 Å². The minimum Gasteiger partial charge on any atom is -0.0990 e. The first-order chi connectivity index (χ1) is 4.54. The Balaban J connectivity index is 2.70. The zero-order valence-corrected chi connectivity index (χ0v) is 7.28. The van der Waals surface area contributed by atoms with Gasteiger partial charge in [-0.1, -0.05) is 32.9 Å². The second kappa shape index (κ2) is 2.41. The summed E-state index contributed by atoms with van der Waals surface area (Å²) in [7, 11) is 0. The summed E-state index contributed by atoms with van der Waals surface area (Å²) in [5.41, 5.74) is 1.78. The first-order valence-electron chi connectivity index (χ1n) is 4.05. The molecular formula is C10H17. The summed E-state index contributed by atoms with van der Waals surface area (Å²) in [5.74, 6) is 0.698. The Kier molecular flexibility index (Phi) is 1.89. The molecule has 0 aromatic rings. The van der Waals surface area contributed by atoms with Crippen molar-refractivity contribution in [3.63, 3.8) is 0 Å². The maximum absolute atomic E-state index is 4.13. The third-order valence-electron chi connectivity index (χ3n) is 2.64. The van der Waals surface area contributed by atoms with E-state index in [0.29, 0.717) is 11.3 Å². The van der Waals surface area contributed by atoms with Crippen LogP contribution in [-0.4, -0.2) is 0 Å². The van der Waals surface area contributed by atoms with Gasteiger partial charge >= 0.3 is 0 Å². The molecule has 0 amide bonds. The molecule has 0 heterocycles. The largest absolute Gasteiger partial charge is 0.0990 e. The van der Waals surface area contributed by atoms with Crippen molar-refractivity contribution in [3.05, 3.63) is 18.6 Å². The van der Waals surface area contributed by atoms with Gasteiger partial charge in [0.15, 0.2) is 0 Å². The van der Waals surface area contributed by atoms with Gasteiger partial charge in [0.05, 0.1) is 0 Å². The molecule has 1 radical (unpaired) electrons. The van der Waals surface area contributed by atoms with Crippen molar-refractivity contribution in [2.75, 3.05) is 0 Å². The van der Waals surface area contributed by atoms with E-state index in [1.807, 2.05) is 0 Å². The number of hydrogen-bond acceptors (Lipinski definition) is 0. The topological polar surface area (TPSA) is 0 Å². The Morgan fingerprint density at radius 2 is 2.20 bits per heavy atom. The first-order valence-corrected chi connectivity index (χ1v) is 4.05. The normalized spacial score (nSPS) is 32.3. The summed E-state index contributed by atoms with van der Waals surface area (Å²) >= 11 is 0. The molecule has 0 heteroatoms. The fourth-order valence-electron chi connectivity index (χ4n) is 1.63. The Morgan fingerprint density at radius 3 is 2.60 bits per heavy atom. The van der Waals surface area contributed by atoms with Crippen molar-refractivity contribution >= 4 is 0 Å². The smallest absolute Gasteiger partial charge is 0.0142 e. The third-order valence-corrected chi connectivity index (χ3v) is 2.64. The highest BCUT2D eigenvalue weighted by atomic mass is 14.3. The lowest BCUT2D eigenvalue weighted by Gasteiger charge is -2.36. The second-order valence-corrected chi connectivity index (χ2v) is 4.04. The van der Waals surface area contributed by atoms with Crippen molar-refractivity contribution < 1.29 is 0 Å². The fraction of sp³-hybridized carbons (Fsp3) is 0.700. The van der Waals surface area contributed by atoms with Crippen molar-refractivity contribution in [3.8, 4) is 0 Å². The third kappa shape index (κ3) is 1.25. The molecule has 0 N–H and O–H groups in total. The van der Waals surface area contributed by atoms with Crippen LogP contribution >= 0.6 is 0 Å². The van der Waals surface area contributed by atoms with Gasteiger partial charge < -0.3 is 0 Å². The van der Waals surface area contributed by atoms with E-state index in [1.165, 1.54) is 18.4 Å². The van der Waals surface area contributed by atoms with Gasteiger partial charge in [0, 0.05) is 0 Å². The zero-order valence-electron chi connectivity index (χ0n) is 7.28. The molecule has 0 aliphatic heterocycles. The molecule has 1 aliphatic carbocycles. The summed E-state index contributed by atoms with van der Waals surface area (Å²) in [6, 6.07) is 0. The molecule has 1 atom stereocenters. The molecule has 10 heavy (non-hydrogen) atoms. The molecule has 1 rings (SSSR count). The van der Waals surface area contributed by atoms with Gasteiger partial charge in [-0.3, -0.25) is 0 Å². The van der Waals surface area contributed by atoms with Crippen LogP contribution < -0.4 is 0 Å². The van der Waals surface area contributed by atoms with Gasteiger partial charge in [-0.2, -0.15) is 0 Å². The van der Waals surface area contributed by atoms with E-state index in [0.717, 1.165) is 0 Å². The van der Waals surface area contributed by atoms with E-state index in [4.69, 9.17) is 0 Å². The molecule has 57 valence electrons. The lowest BCUT2D eigenvalue weighted by molar-refractivity contribution is 0.342. The SMILES string of the molecule is C=C1C(C)C[CH]CC1(C)C. The van der Waals surface area contributed by atoms with E-state index in [2.05, 4.69) is 33.8 Å². The average molecular weight is 137 g/mol. The molecule has 0 aromatic carbocycles. The second-order valence-electron chi connectivity index (χ2n) is 4.04. The van der Waals surface area contributed by atoms with Gasteiger partial charge in [-0.25, -0.2) is 0 Å². The maximum atomic E-state index is 4.13. The van der Waals surface area contributed by atoms with Gasteiger partial charge in [0.2, 0.25) is 0 Å². The minimum atomic E-state index is 0.359. The molecule has 0 saturated heterocycles. The highest BCUT2D eigenvalue weighted by Gasteiger charge is 2.29. The highest BCUT2D eigenvalue weighted by molar-refractivity contribution is 5.15. The van der Waals surface area contributed by atoms with Crippen molar-refractivity contribution in [1.29, 1.82) is 0 Å². The predicted molar refractivity (Wildman–Crippen MR) is 45.6 cm³/mol. The first kappa shape index (κ1) is 7.84. The zero-order chi connectivity index (χ0) is 7.78. The van der Waals surface area contributed by atoms with Crippen molar-refractivity contribution in [1.82, 2.24) is 0 Å². The molecule has 1 saturated carbocycles. The monoisotopic (exact) mass is 137 g/mol. The number of rotatable bonds is 0. The Bertz CT molecular complexity index is 142. The quantitative estimate of drug-likeness (QED) is 0.450. The lowest BCUT2D eigenvalue weighted by Crippen LogP contribution is -2.24. The standard InChI is InChI=1S/C10H17/c1-8-6-5-7-10(3,4)9(8)2/h5,8H,2,6-7H2,1,3-4H3. The van der Waals surface area contributed by atoms with Crippen LogP contribution in [0.25, 0.3) is 0 Å². The van der Waals surface area contributed by atoms with Gasteiger partial charge in [-0.05, 0) is 30.6 Å². The van der Waals surface area contributed by atoms with Crippen LogP contribution in [0.2, 0.25) is 0 Å². The van der Waals surface area contributed by atoms with Gasteiger partial charge in [0.25, 0.3) is 0 Å². The molecule has 1 unspecified atom stereocenters. The van der Waals surface area contributed by atoms with Crippen LogP contribution in [0.15, 0.2) is 12.2 Å². The van der Waals surface area contributed by atoms with E-state index in [1.54, 1.807) is 0 Å². The van der Waals surface area contributed by atoms with Crippen LogP contribution in [0.5, 0.6) is 0 Å². The summed E-state index contributed by atoms with van der Waals surface area (Å²) in [6.07, 6.45) is 4.82. The van der Waals surface area contributed by atoms with Crippen LogP contribution in [-0.2, 0) is 0 Å². The molecule has 0 spiro atoms. The number of hydrogen-bond donors (Lipinski definition) is 0. The van der Waals surface area contributed by atoms with Gasteiger partial charge in [-0.15, -0.1) is 0 Å². The highest BCUT2D eigenvalue weighted by Crippen LogP contribution is 2.41. The molecule has 0 aromatic heterocycles. The Hall–Kier alpha value is -0.260. The van der Waals surface area contributed by atoms with Gasteiger partial charge in [0.1, 0.15) is 0 Å². The van der Waals surface area contributed by atoms with Crippen LogP contribution in [0.3, 0.4) is 0 Å². The minimum absolute atomic E-state index is 0.359. The summed E-state index contributed by atoms with van der Waals surface area (Å²) < 4.78 is 0. The summed E-state index contributed by atoms with van der Waals surface area (Å²) in [5, 5.41) is 0. The number of allylic oxidation sites excluding steroid dienone is 1. The molecule has 0 nitrogen and oxygen atoms in total. The van der Waals surface area contributed by atoms with E-state index in [9.17, 15) is 0 Å². The average Bonchev–Trinajstić information content (AvgIpc) is 1.83. The van der Waals surface area contributed by atoms with Crippen molar-refractivity contribution in [2.45, 2.75) is 33.6 Å². The van der Waals surface area contributed by atoms with E-state index < -0.39 is 0 Å². The van der Waals surface area contributed by atoms with Crippen LogP contribution in [0.4, 0.5) is 0 Å². The predicted octanol–water partition coefficient (Wildman–Crippen LogP) is 3.20. The fourth-order valence-corrected chi connectivity index (χ4v) is 1.63. The molecular weight excluding hydrogens is 120 g/mol. The molecule has 0 bridgehead atoms. The van der Waals surface area contributed by atoms with Crippen LogP contribution in [0, 0.1) is 17.8 Å². The Morgan fingerprint density at radius 1 is 1.60 bits per heavy atom. The van der Waals surface area contributed by atoms with Crippen LogP contribution in [0.1, 0.15) is 33.6 Å².